The molecule has 0 N–H and O–H groups in total. The topological polar surface area (TPSA) is 34.1 Å². The molecular weight excluding hydrogens is 280 g/mol. The molecule has 3 atom stereocenters. The first-order chi connectivity index (χ1) is 9.72. The Labute approximate surface area is 128 Å². The van der Waals surface area contributed by atoms with Crippen molar-refractivity contribution in [1.29, 1.82) is 0 Å². The first kappa shape index (κ1) is 14.8. The van der Waals surface area contributed by atoms with Crippen LogP contribution in [-0.2, 0) is 9.84 Å². The molecule has 3 saturated carbocycles. The molecule has 0 unspecified atom stereocenters. The Morgan fingerprint density at radius 1 is 1.19 bits per heavy atom. The second-order valence-corrected chi connectivity index (χ2v) is 9.44. The zero-order chi connectivity index (χ0) is 15.4. The van der Waals surface area contributed by atoms with Crippen molar-refractivity contribution < 1.29 is 8.42 Å². The van der Waals surface area contributed by atoms with Crippen molar-refractivity contribution in [1.82, 2.24) is 0 Å². The third kappa shape index (κ3) is 2.36. The highest BCUT2D eigenvalue weighted by molar-refractivity contribution is 7.91. The van der Waals surface area contributed by atoms with Gasteiger partial charge in [0.15, 0.2) is 9.84 Å². The zero-order valence-electron chi connectivity index (χ0n) is 13.1. The smallest absolute Gasteiger partial charge is 0.178 e. The molecule has 3 heteroatoms. The maximum Gasteiger partial charge on any atom is 0.178 e. The number of rotatable bonds is 3. The lowest BCUT2D eigenvalue weighted by atomic mass is 9.45. The van der Waals surface area contributed by atoms with Crippen molar-refractivity contribution in [3.63, 3.8) is 0 Å². The van der Waals surface area contributed by atoms with Gasteiger partial charge in [0.25, 0.3) is 0 Å². The number of aryl methyl sites for hydroxylation is 1. The van der Waals surface area contributed by atoms with E-state index in [0.717, 1.165) is 17.6 Å². The van der Waals surface area contributed by atoms with Crippen LogP contribution < -0.4 is 0 Å². The van der Waals surface area contributed by atoms with E-state index >= 15 is 0 Å². The molecule has 1 aromatic rings. The van der Waals surface area contributed by atoms with Gasteiger partial charge < -0.3 is 0 Å². The molecule has 1 aromatic carbocycles. The van der Waals surface area contributed by atoms with E-state index in [1.54, 1.807) is 12.1 Å². The van der Waals surface area contributed by atoms with Crippen molar-refractivity contribution in [2.24, 2.45) is 23.2 Å². The van der Waals surface area contributed by atoms with Gasteiger partial charge in [0.2, 0.25) is 0 Å². The first-order valence-corrected chi connectivity index (χ1v) is 9.35. The van der Waals surface area contributed by atoms with Crippen LogP contribution in [-0.4, -0.2) is 14.2 Å². The van der Waals surface area contributed by atoms with Gasteiger partial charge in [0.05, 0.1) is 10.6 Å². The molecule has 21 heavy (non-hydrogen) atoms. The molecule has 114 valence electrons. The molecule has 2 bridgehead atoms. The molecule has 0 aliphatic heterocycles. The molecule has 3 fully saturated rings. The normalized spacial score (nSPS) is 30.8. The summed E-state index contributed by atoms with van der Waals surface area (Å²) in [7, 11) is -3.21. The summed E-state index contributed by atoms with van der Waals surface area (Å²) in [5.74, 6) is 1.52. The summed E-state index contributed by atoms with van der Waals surface area (Å²) in [6.45, 7) is 10.8. The summed E-state index contributed by atoms with van der Waals surface area (Å²) in [4.78, 5) is 0.444. The van der Waals surface area contributed by atoms with E-state index in [1.807, 2.05) is 19.1 Å². The molecular formula is C18H24O2S. The lowest BCUT2D eigenvalue weighted by molar-refractivity contribution is -0.0433. The molecule has 0 spiro atoms. The van der Waals surface area contributed by atoms with Crippen molar-refractivity contribution in [2.45, 2.75) is 38.5 Å². The number of benzene rings is 1. The summed E-state index contributed by atoms with van der Waals surface area (Å²) in [5.41, 5.74) is 2.57. The van der Waals surface area contributed by atoms with Crippen LogP contribution in [0.15, 0.2) is 41.3 Å². The summed E-state index contributed by atoms with van der Waals surface area (Å²) >= 11 is 0. The van der Waals surface area contributed by atoms with Gasteiger partial charge in [0.1, 0.15) is 0 Å². The standard InChI is InChI=1S/C18H24O2S/c1-12-5-7-16(8-6-12)21(19,20)11-14-9-15-10-17(13(14)2)18(15,3)4/h5-8,14-15,17H,2,9-11H2,1,3-4H3/t14-,15+,17+/m1/s1. The van der Waals surface area contributed by atoms with Crippen LogP contribution in [0.3, 0.4) is 0 Å². The molecule has 0 amide bonds. The maximum absolute atomic E-state index is 12.6. The Bertz CT molecular complexity index is 668. The van der Waals surface area contributed by atoms with E-state index in [0.29, 0.717) is 22.1 Å². The lowest BCUT2D eigenvalue weighted by Gasteiger charge is -2.60. The second-order valence-electron chi connectivity index (χ2n) is 7.41. The van der Waals surface area contributed by atoms with E-state index in [1.165, 1.54) is 6.42 Å². The Balaban J connectivity index is 1.78. The van der Waals surface area contributed by atoms with Gasteiger partial charge in [-0.15, -0.1) is 0 Å². The molecule has 0 saturated heterocycles. The Morgan fingerprint density at radius 3 is 2.33 bits per heavy atom. The van der Waals surface area contributed by atoms with E-state index in [2.05, 4.69) is 20.4 Å². The summed E-state index contributed by atoms with van der Waals surface area (Å²) < 4.78 is 25.2. The van der Waals surface area contributed by atoms with Crippen molar-refractivity contribution in [2.75, 3.05) is 5.75 Å². The van der Waals surface area contributed by atoms with Gasteiger partial charge in [-0.1, -0.05) is 43.7 Å². The fourth-order valence-electron chi connectivity index (χ4n) is 4.11. The van der Waals surface area contributed by atoms with Crippen LogP contribution in [0.25, 0.3) is 0 Å². The van der Waals surface area contributed by atoms with Crippen LogP contribution in [0.5, 0.6) is 0 Å². The second kappa shape index (κ2) is 4.70. The molecule has 4 rings (SSSR count). The minimum absolute atomic E-state index is 0.132. The highest BCUT2D eigenvalue weighted by Gasteiger charge is 2.55. The Hall–Kier alpha value is -1.09. The monoisotopic (exact) mass is 304 g/mol. The van der Waals surface area contributed by atoms with E-state index in [9.17, 15) is 8.42 Å². The first-order valence-electron chi connectivity index (χ1n) is 7.70. The SMILES string of the molecule is C=C1[C@@H](CS(=O)(=O)c2ccc(C)cc2)C[C@H]2C[C@@H]1C2(C)C. The van der Waals surface area contributed by atoms with Gasteiger partial charge in [0, 0.05) is 0 Å². The van der Waals surface area contributed by atoms with Crippen LogP contribution >= 0.6 is 0 Å². The minimum atomic E-state index is -3.21. The van der Waals surface area contributed by atoms with E-state index < -0.39 is 9.84 Å². The molecule has 0 aromatic heterocycles. The summed E-state index contributed by atoms with van der Waals surface area (Å²) in [6, 6.07) is 7.17. The summed E-state index contributed by atoms with van der Waals surface area (Å²) in [6.07, 6.45) is 2.18. The molecule has 3 aliphatic carbocycles. The zero-order valence-corrected chi connectivity index (χ0v) is 13.9. The quantitative estimate of drug-likeness (QED) is 0.791. The van der Waals surface area contributed by atoms with E-state index in [4.69, 9.17) is 0 Å². The number of hydrogen-bond acceptors (Lipinski definition) is 2. The Kier molecular flexibility index (Phi) is 3.32. The molecule has 2 nitrogen and oxygen atoms in total. The van der Waals surface area contributed by atoms with Gasteiger partial charge >= 0.3 is 0 Å². The van der Waals surface area contributed by atoms with Crippen LogP contribution in [0.1, 0.15) is 32.3 Å². The number of allylic oxidation sites excluding steroid dienone is 1. The van der Waals surface area contributed by atoms with Gasteiger partial charge in [-0.3, -0.25) is 0 Å². The highest BCUT2D eigenvalue weighted by atomic mass is 32.2. The third-order valence-electron chi connectivity index (χ3n) is 5.81. The molecule has 3 aliphatic rings. The largest absolute Gasteiger partial charge is 0.224 e. The average molecular weight is 304 g/mol. The van der Waals surface area contributed by atoms with Crippen LogP contribution in [0, 0.1) is 30.1 Å². The Morgan fingerprint density at radius 2 is 1.81 bits per heavy atom. The molecule has 0 radical (unpaired) electrons. The number of sulfone groups is 1. The number of fused-ring (bicyclic) bond motifs is 2. The predicted molar refractivity (Wildman–Crippen MR) is 85.9 cm³/mol. The van der Waals surface area contributed by atoms with Crippen LogP contribution in [0.2, 0.25) is 0 Å². The fourth-order valence-corrected chi connectivity index (χ4v) is 5.73. The average Bonchev–Trinajstić information content (AvgIpc) is 2.40. The lowest BCUT2D eigenvalue weighted by Crippen LogP contribution is -2.52. The van der Waals surface area contributed by atoms with E-state index in [-0.39, 0.29) is 11.7 Å². The predicted octanol–water partition coefficient (Wildman–Crippen LogP) is 4.01. The van der Waals surface area contributed by atoms with Gasteiger partial charge in [-0.2, -0.15) is 0 Å². The third-order valence-corrected chi connectivity index (χ3v) is 7.64. The maximum atomic E-state index is 12.6. The van der Waals surface area contributed by atoms with Crippen LogP contribution in [0.4, 0.5) is 0 Å². The van der Waals surface area contributed by atoms with Gasteiger partial charge in [-0.05, 0) is 55.1 Å². The number of hydrogen-bond donors (Lipinski definition) is 0. The van der Waals surface area contributed by atoms with Crippen molar-refractivity contribution in [3.8, 4) is 0 Å². The van der Waals surface area contributed by atoms with Crippen molar-refractivity contribution >= 4 is 9.84 Å². The highest BCUT2D eigenvalue weighted by Crippen LogP contribution is 2.62. The van der Waals surface area contributed by atoms with Gasteiger partial charge in [-0.25, -0.2) is 8.42 Å². The molecule has 0 heterocycles. The summed E-state index contributed by atoms with van der Waals surface area (Å²) in [5, 5.41) is 0. The van der Waals surface area contributed by atoms with Crippen molar-refractivity contribution in [3.05, 3.63) is 42.0 Å². The fraction of sp³-hybridized carbons (Fsp3) is 0.556. The minimum Gasteiger partial charge on any atom is -0.224 e.